The summed E-state index contributed by atoms with van der Waals surface area (Å²) in [5.74, 6) is -0.0852. The highest BCUT2D eigenvalue weighted by Crippen LogP contribution is 2.11. The molecule has 0 radical (unpaired) electrons. The summed E-state index contributed by atoms with van der Waals surface area (Å²) in [5.41, 5.74) is 0.925. The van der Waals surface area contributed by atoms with Crippen LogP contribution in [0, 0.1) is 0 Å². The molecule has 1 N–H and O–H groups in total. The van der Waals surface area contributed by atoms with Gasteiger partial charge in [0.25, 0.3) is 0 Å². The number of nitrogens with one attached hydrogen (secondary N) is 1. The first-order chi connectivity index (χ1) is 6.22. The average molecular weight is 183 g/mol. The van der Waals surface area contributed by atoms with Gasteiger partial charge in [0.2, 0.25) is 0 Å². The molecule has 13 heavy (non-hydrogen) atoms. The molecule has 0 heterocycles. The van der Waals surface area contributed by atoms with Gasteiger partial charge in [-0.1, -0.05) is 0 Å². The van der Waals surface area contributed by atoms with E-state index in [2.05, 4.69) is 10.1 Å². The third-order valence-corrected chi connectivity index (χ3v) is 1.88. The van der Waals surface area contributed by atoms with Crippen LogP contribution in [0.25, 0.3) is 0 Å². The molecule has 0 aliphatic heterocycles. The summed E-state index contributed by atoms with van der Waals surface area (Å²) in [6.07, 6.45) is 3.28. The van der Waals surface area contributed by atoms with Crippen molar-refractivity contribution in [1.82, 2.24) is 5.32 Å². The lowest BCUT2D eigenvalue weighted by atomic mass is 10.3. The minimum absolute atomic E-state index is 0.153. The second-order valence-electron chi connectivity index (χ2n) is 2.89. The van der Waals surface area contributed by atoms with Crippen molar-refractivity contribution in [3.05, 3.63) is 11.8 Å². The number of ketones is 1. The third kappa shape index (κ3) is 3.27. The Hall–Kier alpha value is -1.32. The van der Waals surface area contributed by atoms with Gasteiger partial charge in [-0.3, -0.25) is 9.59 Å². The molecule has 1 aliphatic rings. The number of carbonyl (C=O) groups is 2. The van der Waals surface area contributed by atoms with Gasteiger partial charge in [-0.2, -0.15) is 0 Å². The van der Waals surface area contributed by atoms with Crippen molar-refractivity contribution in [2.45, 2.75) is 19.3 Å². The fourth-order valence-electron chi connectivity index (χ4n) is 1.16. The van der Waals surface area contributed by atoms with Crippen molar-refractivity contribution >= 4 is 11.8 Å². The molecule has 0 amide bonds. The molecule has 0 unspecified atom stereocenters. The zero-order valence-electron chi connectivity index (χ0n) is 7.63. The number of allylic oxidation sites excluding steroid dienone is 2. The van der Waals surface area contributed by atoms with E-state index >= 15 is 0 Å². The fourth-order valence-corrected chi connectivity index (χ4v) is 1.16. The minimum Gasteiger partial charge on any atom is -0.469 e. The molecule has 0 spiro atoms. The number of ether oxygens (including phenoxy) is 1. The standard InChI is InChI=1S/C9H13NO3/c1-13-9(12)4-5-10-7-2-3-8(11)6-7/h6,10H,2-5H2,1H3. The number of carbonyl (C=O) groups excluding carboxylic acids is 2. The van der Waals surface area contributed by atoms with E-state index in [0.717, 1.165) is 12.1 Å². The molecular formula is C9H13NO3. The summed E-state index contributed by atoms with van der Waals surface area (Å²) in [6.45, 7) is 0.534. The second-order valence-corrected chi connectivity index (χ2v) is 2.89. The topological polar surface area (TPSA) is 55.4 Å². The number of hydrogen-bond acceptors (Lipinski definition) is 4. The quantitative estimate of drug-likeness (QED) is 0.640. The summed E-state index contributed by atoms with van der Waals surface area (Å²) < 4.78 is 4.47. The zero-order chi connectivity index (χ0) is 9.68. The highest BCUT2D eigenvalue weighted by atomic mass is 16.5. The third-order valence-electron chi connectivity index (χ3n) is 1.88. The first-order valence-electron chi connectivity index (χ1n) is 4.26. The molecule has 0 saturated heterocycles. The van der Waals surface area contributed by atoms with E-state index in [4.69, 9.17) is 0 Å². The van der Waals surface area contributed by atoms with Gasteiger partial charge >= 0.3 is 5.97 Å². The Balaban J connectivity index is 2.16. The van der Waals surface area contributed by atoms with Gasteiger partial charge in [-0.05, 0) is 6.42 Å². The molecule has 1 rings (SSSR count). The van der Waals surface area contributed by atoms with E-state index in [0.29, 0.717) is 19.4 Å². The summed E-state index contributed by atoms with van der Waals surface area (Å²) in [7, 11) is 1.36. The maximum atomic E-state index is 10.8. The Bertz CT molecular complexity index is 245. The van der Waals surface area contributed by atoms with Gasteiger partial charge in [0.05, 0.1) is 13.5 Å². The SMILES string of the molecule is COC(=O)CCNC1=CC(=O)CC1. The van der Waals surface area contributed by atoms with Gasteiger partial charge in [0.1, 0.15) is 0 Å². The van der Waals surface area contributed by atoms with E-state index in [1.807, 2.05) is 0 Å². The van der Waals surface area contributed by atoms with E-state index in [1.165, 1.54) is 7.11 Å². The molecule has 0 aromatic heterocycles. The Morgan fingerprint density at radius 1 is 1.62 bits per heavy atom. The first kappa shape index (κ1) is 9.77. The van der Waals surface area contributed by atoms with Gasteiger partial charge in [0.15, 0.2) is 5.78 Å². The Morgan fingerprint density at radius 2 is 2.38 bits per heavy atom. The van der Waals surface area contributed by atoms with Crippen LogP contribution >= 0.6 is 0 Å². The molecule has 1 aliphatic carbocycles. The number of esters is 1. The van der Waals surface area contributed by atoms with Crippen molar-refractivity contribution in [2.24, 2.45) is 0 Å². The molecule has 0 atom stereocenters. The molecule has 0 aromatic rings. The second kappa shape index (κ2) is 4.64. The molecule has 4 heteroatoms. The number of hydrogen-bond donors (Lipinski definition) is 1. The largest absolute Gasteiger partial charge is 0.469 e. The zero-order valence-corrected chi connectivity index (χ0v) is 7.63. The lowest BCUT2D eigenvalue weighted by molar-refractivity contribution is -0.140. The predicted octanol–water partition coefficient (Wildman–Crippen LogP) is 0.386. The molecule has 0 bridgehead atoms. The van der Waals surface area contributed by atoms with Crippen LogP contribution in [0.2, 0.25) is 0 Å². The highest BCUT2D eigenvalue weighted by Gasteiger charge is 2.11. The molecule has 72 valence electrons. The van der Waals surface area contributed by atoms with Gasteiger partial charge in [-0.15, -0.1) is 0 Å². The average Bonchev–Trinajstić information content (AvgIpc) is 2.51. The summed E-state index contributed by atoms with van der Waals surface area (Å²) >= 11 is 0. The van der Waals surface area contributed by atoms with Crippen LogP contribution < -0.4 is 5.32 Å². The van der Waals surface area contributed by atoms with Crippen LogP contribution in [0.15, 0.2) is 11.8 Å². The lowest BCUT2D eigenvalue weighted by Gasteiger charge is -2.04. The minimum atomic E-state index is -0.238. The summed E-state index contributed by atoms with van der Waals surface area (Å²) in [4.78, 5) is 21.5. The van der Waals surface area contributed by atoms with E-state index < -0.39 is 0 Å². The molecule has 0 aromatic carbocycles. The van der Waals surface area contributed by atoms with Crippen molar-refractivity contribution in [2.75, 3.05) is 13.7 Å². The van der Waals surface area contributed by atoms with E-state index in [1.54, 1.807) is 6.08 Å². The molecular weight excluding hydrogens is 170 g/mol. The number of methoxy groups -OCH3 is 1. The van der Waals surface area contributed by atoms with Crippen LogP contribution in [-0.2, 0) is 14.3 Å². The fraction of sp³-hybridized carbons (Fsp3) is 0.556. The maximum Gasteiger partial charge on any atom is 0.307 e. The van der Waals surface area contributed by atoms with E-state index in [9.17, 15) is 9.59 Å². The van der Waals surface area contributed by atoms with Crippen molar-refractivity contribution < 1.29 is 14.3 Å². The molecule has 0 fully saturated rings. The highest BCUT2D eigenvalue weighted by molar-refractivity contribution is 5.92. The monoisotopic (exact) mass is 183 g/mol. The van der Waals surface area contributed by atoms with Crippen LogP contribution in [0.1, 0.15) is 19.3 Å². The molecule has 0 saturated carbocycles. The van der Waals surface area contributed by atoms with Crippen LogP contribution in [0.5, 0.6) is 0 Å². The van der Waals surface area contributed by atoms with Gasteiger partial charge in [0, 0.05) is 24.7 Å². The number of rotatable bonds is 4. The van der Waals surface area contributed by atoms with Gasteiger partial charge in [-0.25, -0.2) is 0 Å². The van der Waals surface area contributed by atoms with Crippen molar-refractivity contribution in [3.63, 3.8) is 0 Å². The summed E-state index contributed by atoms with van der Waals surface area (Å²) in [5, 5.41) is 3.02. The Labute approximate surface area is 76.9 Å². The van der Waals surface area contributed by atoms with Crippen LogP contribution in [0.4, 0.5) is 0 Å². The van der Waals surface area contributed by atoms with Gasteiger partial charge < -0.3 is 10.1 Å². The molecule has 4 nitrogen and oxygen atoms in total. The smallest absolute Gasteiger partial charge is 0.307 e. The van der Waals surface area contributed by atoms with Crippen molar-refractivity contribution in [3.8, 4) is 0 Å². The normalized spacial score (nSPS) is 15.5. The Morgan fingerprint density at radius 3 is 2.92 bits per heavy atom. The first-order valence-corrected chi connectivity index (χ1v) is 4.26. The van der Waals surface area contributed by atoms with E-state index in [-0.39, 0.29) is 11.8 Å². The van der Waals surface area contributed by atoms with Crippen molar-refractivity contribution in [1.29, 1.82) is 0 Å². The van der Waals surface area contributed by atoms with Crippen LogP contribution in [0.3, 0.4) is 0 Å². The van der Waals surface area contributed by atoms with Crippen LogP contribution in [-0.4, -0.2) is 25.4 Å². The lowest BCUT2D eigenvalue weighted by Crippen LogP contribution is -2.17. The maximum absolute atomic E-state index is 10.8. The Kier molecular flexibility index (Phi) is 3.49. The summed E-state index contributed by atoms with van der Waals surface area (Å²) in [6, 6.07) is 0. The predicted molar refractivity (Wildman–Crippen MR) is 47.0 cm³/mol.